The third kappa shape index (κ3) is 11.7. The Kier molecular flexibility index (Phi) is 14.7. The predicted molar refractivity (Wildman–Crippen MR) is 140 cm³/mol. The first-order valence-corrected chi connectivity index (χ1v) is 13.7. The van der Waals surface area contributed by atoms with E-state index in [9.17, 15) is 4.79 Å². The SMILES string of the molecule is CCCCCCCCCCCCCCCCCCOC(=O)[C@@H](N)Cc1c[nH]c2ccccc12. The lowest BCUT2D eigenvalue weighted by Gasteiger charge is -2.11. The minimum absolute atomic E-state index is 0.291. The van der Waals surface area contributed by atoms with Gasteiger partial charge in [-0.15, -0.1) is 0 Å². The molecule has 1 heterocycles. The van der Waals surface area contributed by atoms with Crippen LogP contribution in [0.4, 0.5) is 0 Å². The number of ether oxygens (including phenoxy) is 1. The van der Waals surface area contributed by atoms with Crippen molar-refractivity contribution in [2.24, 2.45) is 5.73 Å². The normalized spacial score (nSPS) is 12.3. The van der Waals surface area contributed by atoms with Crippen LogP contribution in [0.1, 0.15) is 115 Å². The van der Waals surface area contributed by atoms with E-state index in [-0.39, 0.29) is 5.97 Å². The van der Waals surface area contributed by atoms with Crippen molar-refractivity contribution in [3.05, 3.63) is 36.0 Å². The maximum absolute atomic E-state index is 12.2. The van der Waals surface area contributed by atoms with E-state index in [1.54, 1.807) is 0 Å². The molecule has 0 spiro atoms. The minimum Gasteiger partial charge on any atom is -0.465 e. The Bertz CT molecular complexity index is 755. The molecule has 0 radical (unpaired) electrons. The smallest absolute Gasteiger partial charge is 0.323 e. The zero-order valence-electron chi connectivity index (χ0n) is 21.1. The largest absolute Gasteiger partial charge is 0.465 e. The summed E-state index contributed by atoms with van der Waals surface area (Å²) in [6.45, 7) is 2.77. The minimum atomic E-state index is -0.606. The van der Waals surface area contributed by atoms with Crippen LogP contribution in [-0.2, 0) is 16.0 Å². The predicted octanol–water partition coefficient (Wildman–Crippen LogP) is 7.84. The van der Waals surface area contributed by atoms with Gasteiger partial charge in [-0.2, -0.15) is 0 Å². The number of H-pyrrole nitrogens is 1. The van der Waals surface area contributed by atoms with E-state index in [0.29, 0.717) is 13.0 Å². The Hall–Kier alpha value is -1.81. The second kappa shape index (κ2) is 17.6. The van der Waals surface area contributed by atoms with Crippen molar-refractivity contribution in [1.82, 2.24) is 4.98 Å². The number of aromatic nitrogens is 1. The van der Waals surface area contributed by atoms with Crippen molar-refractivity contribution in [3.8, 4) is 0 Å². The molecule has 2 rings (SSSR count). The molecule has 0 fully saturated rings. The van der Waals surface area contributed by atoms with E-state index >= 15 is 0 Å². The average Bonchev–Trinajstić information content (AvgIpc) is 3.23. The molecule has 4 heteroatoms. The highest BCUT2D eigenvalue weighted by molar-refractivity contribution is 5.84. The van der Waals surface area contributed by atoms with E-state index in [1.807, 2.05) is 24.4 Å². The number of nitrogens with one attached hydrogen (secondary N) is 1. The van der Waals surface area contributed by atoms with Crippen LogP contribution in [0.2, 0.25) is 0 Å². The molecule has 0 aliphatic heterocycles. The van der Waals surface area contributed by atoms with E-state index in [4.69, 9.17) is 10.5 Å². The number of carbonyl (C=O) groups excluding carboxylic acids is 1. The van der Waals surface area contributed by atoms with E-state index in [1.165, 1.54) is 89.9 Å². The highest BCUT2D eigenvalue weighted by Gasteiger charge is 2.17. The number of rotatable bonds is 20. The van der Waals surface area contributed by atoms with Crippen molar-refractivity contribution < 1.29 is 9.53 Å². The molecule has 2 aromatic rings. The summed E-state index contributed by atoms with van der Waals surface area (Å²) in [5.41, 5.74) is 8.22. The van der Waals surface area contributed by atoms with E-state index < -0.39 is 6.04 Å². The summed E-state index contributed by atoms with van der Waals surface area (Å²) in [6, 6.07) is 7.47. The molecule has 3 N–H and O–H groups in total. The molecule has 0 unspecified atom stereocenters. The maximum Gasteiger partial charge on any atom is 0.323 e. The number of hydrogen-bond donors (Lipinski definition) is 2. The molecule has 1 aromatic carbocycles. The Morgan fingerprint density at radius 3 is 1.91 bits per heavy atom. The third-order valence-electron chi connectivity index (χ3n) is 6.66. The van der Waals surface area contributed by atoms with Gasteiger partial charge in [-0.05, 0) is 18.1 Å². The number of para-hydroxylation sites is 1. The van der Waals surface area contributed by atoms with Gasteiger partial charge in [-0.25, -0.2) is 0 Å². The van der Waals surface area contributed by atoms with Gasteiger partial charge in [0.25, 0.3) is 0 Å². The highest BCUT2D eigenvalue weighted by atomic mass is 16.5. The molecule has 0 aliphatic rings. The zero-order chi connectivity index (χ0) is 23.6. The number of nitrogens with two attached hydrogens (primary N) is 1. The van der Waals surface area contributed by atoms with Crippen LogP contribution in [0, 0.1) is 0 Å². The average molecular weight is 457 g/mol. The summed E-state index contributed by atoms with van der Waals surface area (Å²) in [5.74, 6) is -0.291. The van der Waals surface area contributed by atoms with Crippen LogP contribution in [0.25, 0.3) is 10.9 Å². The second-order valence-corrected chi connectivity index (χ2v) is 9.64. The molecule has 186 valence electrons. The number of carbonyl (C=O) groups is 1. The van der Waals surface area contributed by atoms with Gasteiger partial charge in [0.1, 0.15) is 6.04 Å². The van der Waals surface area contributed by atoms with Crippen LogP contribution < -0.4 is 5.73 Å². The Labute approximate surface area is 202 Å². The van der Waals surface area contributed by atoms with Crippen LogP contribution in [0.3, 0.4) is 0 Å². The Morgan fingerprint density at radius 2 is 1.33 bits per heavy atom. The van der Waals surface area contributed by atoms with Gasteiger partial charge in [-0.3, -0.25) is 4.79 Å². The first kappa shape index (κ1) is 27.4. The molecule has 0 aliphatic carbocycles. The van der Waals surface area contributed by atoms with Gasteiger partial charge in [0.05, 0.1) is 6.61 Å². The molecule has 33 heavy (non-hydrogen) atoms. The first-order chi connectivity index (χ1) is 16.2. The van der Waals surface area contributed by atoms with Crippen LogP contribution in [0.5, 0.6) is 0 Å². The van der Waals surface area contributed by atoms with Crippen molar-refractivity contribution in [2.75, 3.05) is 6.61 Å². The molecule has 0 saturated heterocycles. The summed E-state index contributed by atoms with van der Waals surface area (Å²) < 4.78 is 5.41. The van der Waals surface area contributed by atoms with Gasteiger partial charge in [-0.1, -0.05) is 121 Å². The number of unbranched alkanes of at least 4 members (excludes halogenated alkanes) is 15. The summed E-state index contributed by atoms with van der Waals surface area (Å²) in [6.07, 6.45) is 23.9. The monoisotopic (exact) mass is 456 g/mol. The Balaban J connectivity index is 1.37. The van der Waals surface area contributed by atoms with Crippen molar-refractivity contribution in [3.63, 3.8) is 0 Å². The maximum atomic E-state index is 12.2. The fourth-order valence-corrected chi connectivity index (χ4v) is 4.55. The van der Waals surface area contributed by atoms with Crippen molar-refractivity contribution in [1.29, 1.82) is 0 Å². The second-order valence-electron chi connectivity index (χ2n) is 9.64. The van der Waals surface area contributed by atoms with Crippen molar-refractivity contribution >= 4 is 16.9 Å². The molecular formula is C29H48N2O2. The molecule has 0 amide bonds. The number of hydrogen-bond acceptors (Lipinski definition) is 3. The standard InChI is InChI=1S/C29H48N2O2/c1-2-3-4-5-6-7-8-9-10-11-12-13-14-15-16-19-22-33-29(32)27(30)23-25-24-31-28-21-18-17-20-26(25)28/h17-18,20-21,24,27,31H,2-16,19,22-23,30H2,1H3/t27-/m0/s1. The first-order valence-electron chi connectivity index (χ1n) is 13.7. The number of esters is 1. The number of benzene rings is 1. The lowest BCUT2D eigenvalue weighted by molar-refractivity contribution is -0.145. The number of fused-ring (bicyclic) bond motifs is 1. The summed E-state index contributed by atoms with van der Waals surface area (Å²) in [5, 5.41) is 1.12. The fourth-order valence-electron chi connectivity index (χ4n) is 4.55. The lowest BCUT2D eigenvalue weighted by atomic mass is 10.0. The molecule has 0 saturated carbocycles. The molecule has 1 atom stereocenters. The van der Waals surface area contributed by atoms with Crippen molar-refractivity contribution in [2.45, 2.75) is 122 Å². The van der Waals surface area contributed by atoms with Crippen LogP contribution in [0.15, 0.2) is 30.5 Å². The van der Waals surface area contributed by atoms with Gasteiger partial charge in [0.15, 0.2) is 0 Å². The van der Waals surface area contributed by atoms with E-state index in [0.717, 1.165) is 29.3 Å². The van der Waals surface area contributed by atoms with Gasteiger partial charge >= 0.3 is 5.97 Å². The highest BCUT2D eigenvalue weighted by Crippen LogP contribution is 2.19. The summed E-state index contributed by atoms with van der Waals surface area (Å²) in [7, 11) is 0. The lowest BCUT2D eigenvalue weighted by Crippen LogP contribution is -2.34. The zero-order valence-corrected chi connectivity index (χ0v) is 21.1. The number of aromatic amines is 1. The molecular weight excluding hydrogens is 408 g/mol. The summed E-state index contributed by atoms with van der Waals surface area (Å²) in [4.78, 5) is 15.4. The van der Waals surface area contributed by atoms with Gasteiger partial charge in [0, 0.05) is 23.5 Å². The topological polar surface area (TPSA) is 68.1 Å². The van der Waals surface area contributed by atoms with Gasteiger partial charge < -0.3 is 15.5 Å². The quantitative estimate of drug-likeness (QED) is 0.157. The Morgan fingerprint density at radius 1 is 0.818 bits per heavy atom. The summed E-state index contributed by atoms with van der Waals surface area (Å²) >= 11 is 0. The molecule has 0 bridgehead atoms. The molecule has 1 aromatic heterocycles. The molecule has 4 nitrogen and oxygen atoms in total. The van der Waals surface area contributed by atoms with Crippen LogP contribution >= 0.6 is 0 Å². The fraction of sp³-hybridized carbons (Fsp3) is 0.690. The van der Waals surface area contributed by atoms with E-state index in [2.05, 4.69) is 18.0 Å². The van der Waals surface area contributed by atoms with Gasteiger partial charge in [0.2, 0.25) is 0 Å². The third-order valence-corrected chi connectivity index (χ3v) is 6.66. The van der Waals surface area contributed by atoms with Crippen LogP contribution in [-0.4, -0.2) is 23.6 Å².